The Morgan fingerprint density at radius 1 is 1.44 bits per heavy atom. The number of primary amides is 1. The van der Waals surface area contributed by atoms with Gasteiger partial charge >= 0.3 is 11.8 Å². The molecule has 0 aliphatic carbocycles. The second kappa shape index (κ2) is 5.46. The zero-order chi connectivity index (χ0) is 12.1. The third-order valence-corrected chi connectivity index (χ3v) is 2.15. The van der Waals surface area contributed by atoms with Crippen LogP contribution in [0.4, 0.5) is 4.39 Å². The third kappa shape index (κ3) is 3.51. The summed E-state index contributed by atoms with van der Waals surface area (Å²) >= 11 is 5.68. The molecule has 0 aliphatic rings. The van der Waals surface area contributed by atoms with E-state index in [2.05, 4.69) is 5.32 Å². The molecule has 1 aromatic carbocycles. The lowest BCUT2D eigenvalue weighted by Crippen LogP contribution is -2.37. The molecule has 3 N–H and O–H groups in total. The van der Waals surface area contributed by atoms with Crippen LogP contribution in [0.5, 0.6) is 0 Å². The Balaban J connectivity index is 2.52. The summed E-state index contributed by atoms with van der Waals surface area (Å²) in [5.74, 6) is -2.35. The molecule has 0 atom stereocenters. The summed E-state index contributed by atoms with van der Waals surface area (Å²) in [6.45, 7) is 0.124. The number of carbonyl (C=O) groups is 2. The molecule has 1 aromatic rings. The van der Waals surface area contributed by atoms with E-state index in [1.807, 2.05) is 0 Å². The highest BCUT2D eigenvalue weighted by molar-refractivity contribution is 6.34. The molecule has 0 unspecified atom stereocenters. The summed E-state index contributed by atoms with van der Waals surface area (Å²) in [5, 5.41) is 2.67. The first-order chi connectivity index (χ1) is 7.50. The van der Waals surface area contributed by atoms with Crippen LogP contribution < -0.4 is 11.1 Å². The van der Waals surface area contributed by atoms with E-state index < -0.39 is 17.6 Å². The van der Waals surface area contributed by atoms with Gasteiger partial charge in [-0.2, -0.15) is 0 Å². The number of rotatable bonds is 3. The largest absolute Gasteiger partial charge is 0.361 e. The van der Waals surface area contributed by atoms with Gasteiger partial charge in [0.1, 0.15) is 5.82 Å². The SMILES string of the molecule is NC(=O)C(=O)NCCc1cc(Cl)ccc1F. The van der Waals surface area contributed by atoms with Crippen molar-refractivity contribution in [3.05, 3.63) is 34.6 Å². The van der Waals surface area contributed by atoms with Crippen molar-refractivity contribution >= 4 is 23.4 Å². The molecule has 86 valence electrons. The van der Waals surface area contributed by atoms with Crippen molar-refractivity contribution in [1.82, 2.24) is 5.32 Å². The van der Waals surface area contributed by atoms with Gasteiger partial charge in [0.05, 0.1) is 0 Å². The van der Waals surface area contributed by atoms with Crippen LogP contribution in [0.25, 0.3) is 0 Å². The van der Waals surface area contributed by atoms with Gasteiger partial charge in [-0.25, -0.2) is 4.39 Å². The molecule has 0 aliphatic heterocycles. The van der Waals surface area contributed by atoms with Gasteiger partial charge in [-0.3, -0.25) is 9.59 Å². The number of nitrogens with one attached hydrogen (secondary N) is 1. The Kier molecular flexibility index (Phi) is 4.25. The number of halogens is 2. The Hall–Kier alpha value is -1.62. The van der Waals surface area contributed by atoms with Gasteiger partial charge in [-0.1, -0.05) is 11.6 Å². The average molecular weight is 245 g/mol. The van der Waals surface area contributed by atoms with E-state index in [1.54, 1.807) is 0 Å². The molecule has 0 bridgehead atoms. The second-order valence-corrected chi connectivity index (χ2v) is 3.54. The number of carbonyl (C=O) groups excluding carboxylic acids is 2. The normalized spacial score (nSPS) is 9.88. The first kappa shape index (κ1) is 12.4. The summed E-state index contributed by atoms with van der Waals surface area (Å²) in [4.78, 5) is 21.2. The smallest absolute Gasteiger partial charge is 0.309 e. The molecular formula is C10H10ClFN2O2. The molecule has 4 nitrogen and oxygen atoms in total. The number of hydrogen-bond acceptors (Lipinski definition) is 2. The van der Waals surface area contributed by atoms with E-state index in [0.29, 0.717) is 10.6 Å². The lowest BCUT2D eigenvalue weighted by molar-refractivity contribution is -0.137. The van der Waals surface area contributed by atoms with Crippen molar-refractivity contribution in [2.24, 2.45) is 5.73 Å². The predicted molar refractivity (Wildman–Crippen MR) is 57.3 cm³/mol. The molecule has 6 heteroatoms. The summed E-state index contributed by atoms with van der Waals surface area (Å²) in [6, 6.07) is 4.14. The molecule has 16 heavy (non-hydrogen) atoms. The van der Waals surface area contributed by atoms with Crippen molar-refractivity contribution < 1.29 is 14.0 Å². The van der Waals surface area contributed by atoms with Gasteiger partial charge in [0.25, 0.3) is 0 Å². The molecule has 0 fully saturated rings. The fourth-order valence-electron chi connectivity index (χ4n) is 1.13. The number of amides is 2. The molecule has 0 saturated heterocycles. The van der Waals surface area contributed by atoms with E-state index in [1.165, 1.54) is 18.2 Å². The average Bonchev–Trinajstić information content (AvgIpc) is 2.22. The maximum Gasteiger partial charge on any atom is 0.309 e. The molecule has 0 aromatic heterocycles. The van der Waals surface area contributed by atoms with E-state index in [9.17, 15) is 14.0 Å². The van der Waals surface area contributed by atoms with Crippen LogP contribution in [-0.4, -0.2) is 18.4 Å². The van der Waals surface area contributed by atoms with Crippen LogP contribution in [0.3, 0.4) is 0 Å². The molecule has 2 amide bonds. The highest BCUT2D eigenvalue weighted by Gasteiger charge is 2.08. The minimum Gasteiger partial charge on any atom is -0.361 e. The lowest BCUT2D eigenvalue weighted by Gasteiger charge is -2.04. The van der Waals surface area contributed by atoms with E-state index in [-0.39, 0.29) is 13.0 Å². The zero-order valence-corrected chi connectivity index (χ0v) is 9.05. The Morgan fingerprint density at radius 3 is 2.75 bits per heavy atom. The maximum atomic E-state index is 13.2. The summed E-state index contributed by atoms with van der Waals surface area (Å²) < 4.78 is 13.2. The van der Waals surface area contributed by atoms with Crippen LogP contribution in [0.1, 0.15) is 5.56 Å². The van der Waals surface area contributed by atoms with Gasteiger partial charge in [0, 0.05) is 11.6 Å². The summed E-state index contributed by atoms with van der Waals surface area (Å²) in [7, 11) is 0. The number of benzene rings is 1. The minimum absolute atomic E-state index is 0.124. The first-order valence-electron chi connectivity index (χ1n) is 4.52. The van der Waals surface area contributed by atoms with Gasteiger partial charge in [-0.05, 0) is 30.2 Å². The van der Waals surface area contributed by atoms with E-state index in [0.717, 1.165) is 0 Å². The second-order valence-electron chi connectivity index (χ2n) is 3.11. The molecule has 0 heterocycles. The highest BCUT2D eigenvalue weighted by Crippen LogP contribution is 2.14. The van der Waals surface area contributed by atoms with E-state index in [4.69, 9.17) is 17.3 Å². The highest BCUT2D eigenvalue weighted by atomic mass is 35.5. The summed E-state index contributed by atoms with van der Waals surface area (Å²) in [6.07, 6.45) is 0.241. The molecule has 0 radical (unpaired) electrons. The Labute approximate surface area is 96.6 Å². The van der Waals surface area contributed by atoms with Crippen molar-refractivity contribution in [2.45, 2.75) is 6.42 Å². The molecular weight excluding hydrogens is 235 g/mol. The first-order valence-corrected chi connectivity index (χ1v) is 4.90. The standard InChI is InChI=1S/C10H10ClFN2O2/c11-7-1-2-8(12)6(5-7)3-4-14-10(16)9(13)15/h1-2,5H,3-4H2,(H2,13,15)(H,14,16). The summed E-state index contributed by atoms with van der Waals surface area (Å²) in [5.41, 5.74) is 5.10. The fraction of sp³-hybridized carbons (Fsp3) is 0.200. The van der Waals surface area contributed by atoms with Crippen LogP contribution in [-0.2, 0) is 16.0 Å². The fourth-order valence-corrected chi connectivity index (χ4v) is 1.33. The number of hydrogen-bond donors (Lipinski definition) is 2. The van der Waals surface area contributed by atoms with Crippen LogP contribution in [0.2, 0.25) is 5.02 Å². The quantitative estimate of drug-likeness (QED) is 0.766. The van der Waals surface area contributed by atoms with Crippen molar-refractivity contribution in [1.29, 1.82) is 0 Å². The van der Waals surface area contributed by atoms with Crippen molar-refractivity contribution in [2.75, 3.05) is 6.54 Å². The van der Waals surface area contributed by atoms with Gasteiger partial charge in [0.2, 0.25) is 0 Å². The topological polar surface area (TPSA) is 72.2 Å². The third-order valence-electron chi connectivity index (χ3n) is 1.91. The predicted octanol–water partition coefficient (Wildman–Crippen LogP) is 0.623. The van der Waals surface area contributed by atoms with E-state index >= 15 is 0 Å². The van der Waals surface area contributed by atoms with Crippen LogP contribution >= 0.6 is 11.6 Å². The molecule has 1 rings (SSSR count). The van der Waals surface area contributed by atoms with Gasteiger partial charge in [-0.15, -0.1) is 0 Å². The Bertz CT molecular complexity index is 423. The van der Waals surface area contributed by atoms with Crippen LogP contribution in [0, 0.1) is 5.82 Å². The lowest BCUT2D eigenvalue weighted by atomic mass is 10.1. The minimum atomic E-state index is -1.06. The monoisotopic (exact) mass is 244 g/mol. The van der Waals surface area contributed by atoms with Crippen molar-refractivity contribution in [3.8, 4) is 0 Å². The maximum absolute atomic E-state index is 13.2. The van der Waals surface area contributed by atoms with Gasteiger partial charge in [0.15, 0.2) is 0 Å². The molecule has 0 saturated carbocycles. The van der Waals surface area contributed by atoms with Crippen LogP contribution in [0.15, 0.2) is 18.2 Å². The zero-order valence-electron chi connectivity index (χ0n) is 8.30. The molecule has 0 spiro atoms. The van der Waals surface area contributed by atoms with Crippen molar-refractivity contribution in [3.63, 3.8) is 0 Å². The number of nitrogens with two attached hydrogens (primary N) is 1. The Morgan fingerprint density at radius 2 is 2.12 bits per heavy atom. The van der Waals surface area contributed by atoms with Gasteiger partial charge < -0.3 is 11.1 Å².